The number of aromatic nitrogens is 4. The van der Waals surface area contributed by atoms with E-state index >= 15 is 0 Å². The van der Waals surface area contributed by atoms with E-state index in [4.69, 9.17) is 25.7 Å². The maximum atomic E-state index is 10.9. The van der Waals surface area contributed by atoms with Gasteiger partial charge in [-0.2, -0.15) is 4.98 Å². The Hall–Kier alpha value is -2.04. The molecule has 2 aromatic heterocycles. The van der Waals surface area contributed by atoms with Crippen LogP contribution in [0.5, 0.6) is 0 Å². The zero-order valence-corrected chi connectivity index (χ0v) is 18.5. The molecule has 1 unspecified atom stereocenters. The molecule has 0 radical (unpaired) electrons. The highest BCUT2D eigenvalue weighted by atomic mass is 32.1. The second kappa shape index (κ2) is 10.3. The van der Waals surface area contributed by atoms with Gasteiger partial charge < -0.3 is 41.1 Å². The van der Waals surface area contributed by atoms with Crippen molar-refractivity contribution in [3.63, 3.8) is 0 Å². The first-order valence-electron chi connectivity index (χ1n) is 9.54. The highest BCUT2D eigenvalue weighted by Gasteiger charge is 2.45. The molecule has 0 bridgehead atoms. The summed E-state index contributed by atoms with van der Waals surface area (Å²) in [5.41, 5.74) is 5.83. The van der Waals surface area contributed by atoms with Gasteiger partial charge in [0.25, 0.3) is 0 Å². The monoisotopic (exact) mass is 492 g/mol. The molecule has 0 amide bonds. The highest BCUT2D eigenvalue weighted by molar-refractivity contribution is 7.80. The molecule has 4 atom stereocenters. The van der Waals surface area contributed by atoms with Crippen molar-refractivity contribution >= 4 is 43.5 Å². The second-order valence-electron chi connectivity index (χ2n) is 7.00. The molecule has 2 aromatic rings. The highest BCUT2D eigenvalue weighted by Crippen LogP contribution is 2.39. The number of hydrogen-bond donors (Lipinski definition) is 9. The van der Waals surface area contributed by atoms with E-state index in [-0.39, 0.29) is 22.6 Å². The van der Waals surface area contributed by atoms with Crippen molar-refractivity contribution in [1.82, 2.24) is 24.8 Å². The van der Waals surface area contributed by atoms with E-state index in [1.165, 1.54) is 10.9 Å². The first kappa shape index (κ1) is 24.6. The minimum absolute atomic E-state index is 0.0864. The molecule has 1 fully saturated rings. The summed E-state index contributed by atoms with van der Waals surface area (Å²) < 4.78 is 22.3. The minimum atomic E-state index is -4.77. The van der Waals surface area contributed by atoms with Crippen LogP contribution in [0.3, 0.4) is 0 Å². The molecule has 0 saturated carbocycles. The molecule has 0 spiro atoms. The number of aliphatic hydroxyl groups is 2. The zero-order chi connectivity index (χ0) is 23.5. The Morgan fingerprint density at radius 2 is 2.03 bits per heavy atom. The average molecular weight is 492 g/mol. The molecule has 32 heavy (non-hydrogen) atoms. The standard InChI is InChI=1S/C15H25N8O7PS/c16-14(17)18-3-1-2-4-19-15-21-11-8(12(32)22-15)20-6-23(11)13-10(25)9(24)7(30-13)5-29-31(26,27)28/h6-7,9-10,13,24-25H,1-5H2,(H4,16,17,18)(H2,26,27,28)(H2,19,21,22,32)/t7-,9?,10+,13-/m1/s1. The Labute approximate surface area is 187 Å². The van der Waals surface area contributed by atoms with E-state index in [1.54, 1.807) is 0 Å². The van der Waals surface area contributed by atoms with Gasteiger partial charge in [-0.3, -0.25) is 14.5 Å². The van der Waals surface area contributed by atoms with E-state index in [1.807, 2.05) is 0 Å². The van der Waals surface area contributed by atoms with Gasteiger partial charge in [0.2, 0.25) is 5.95 Å². The molecule has 9 N–H and O–H groups in total. The van der Waals surface area contributed by atoms with Crippen molar-refractivity contribution in [1.29, 1.82) is 5.41 Å². The molecule has 1 aliphatic heterocycles. The normalized spacial score (nSPS) is 23.5. The number of aliphatic hydroxyl groups excluding tert-OH is 2. The van der Waals surface area contributed by atoms with Gasteiger partial charge in [-0.05, 0) is 12.8 Å². The number of rotatable bonds is 10. The number of thiol groups is 1. The number of guanidine groups is 1. The fraction of sp³-hybridized carbons (Fsp3) is 0.600. The Kier molecular flexibility index (Phi) is 7.89. The topological polar surface area (TPSA) is 234 Å². The fourth-order valence-electron chi connectivity index (χ4n) is 3.11. The van der Waals surface area contributed by atoms with Gasteiger partial charge in [0.1, 0.15) is 28.9 Å². The third kappa shape index (κ3) is 6.05. The molecule has 17 heteroatoms. The summed E-state index contributed by atoms with van der Waals surface area (Å²) >= 11 is 4.33. The first-order valence-corrected chi connectivity index (χ1v) is 11.5. The van der Waals surface area contributed by atoms with Crippen molar-refractivity contribution < 1.29 is 33.8 Å². The van der Waals surface area contributed by atoms with E-state index in [9.17, 15) is 14.8 Å². The molecule has 1 aliphatic rings. The van der Waals surface area contributed by atoms with Gasteiger partial charge in [-0.25, -0.2) is 14.5 Å². The van der Waals surface area contributed by atoms with Crippen LogP contribution in [0.4, 0.5) is 5.95 Å². The number of phosphoric acid groups is 1. The number of phosphoric ester groups is 1. The van der Waals surface area contributed by atoms with Crippen LogP contribution in [-0.2, 0) is 13.8 Å². The number of nitrogens with two attached hydrogens (primary N) is 1. The van der Waals surface area contributed by atoms with E-state index < -0.39 is 39.0 Å². The SMILES string of the molecule is N=C(N)NCCCCNc1nc(S)c2ncn([C@@H]3O[C@H](COP(=O)(O)O)C(O)[C@@H]3O)c2n1. The number of unbranched alkanes of at least 4 members (excludes halogenated alkanes) is 1. The van der Waals surface area contributed by atoms with Crippen molar-refractivity contribution in [2.75, 3.05) is 25.0 Å². The Bertz CT molecular complexity index is 1000. The van der Waals surface area contributed by atoms with Crippen LogP contribution >= 0.6 is 20.5 Å². The van der Waals surface area contributed by atoms with E-state index in [2.05, 4.69) is 42.7 Å². The number of hydrogen-bond acceptors (Lipinski definition) is 11. The smallest absolute Gasteiger partial charge is 0.387 e. The lowest BCUT2D eigenvalue weighted by Gasteiger charge is -2.17. The van der Waals surface area contributed by atoms with Crippen molar-refractivity contribution in [3.05, 3.63) is 6.33 Å². The number of fused-ring (bicyclic) bond motifs is 1. The quantitative estimate of drug-likeness (QED) is 0.0460. The van der Waals surface area contributed by atoms with Crippen LogP contribution in [-0.4, -0.2) is 83.5 Å². The van der Waals surface area contributed by atoms with Gasteiger partial charge in [0.05, 0.1) is 12.9 Å². The summed E-state index contributed by atoms with van der Waals surface area (Å²) in [4.78, 5) is 30.5. The molecule has 178 valence electrons. The molecule has 0 aromatic carbocycles. The number of imidazole rings is 1. The first-order chi connectivity index (χ1) is 15.1. The largest absolute Gasteiger partial charge is 0.469 e. The summed E-state index contributed by atoms with van der Waals surface area (Å²) in [6, 6.07) is 0. The summed E-state index contributed by atoms with van der Waals surface area (Å²) in [5.74, 6) is 0.176. The maximum absolute atomic E-state index is 10.9. The summed E-state index contributed by atoms with van der Waals surface area (Å²) in [6.07, 6.45) is -2.35. The fourth-order valence-corrected chi connectivity index (χ4v) is 3.70. The number of ether oxygens (including phenoxy) is 1. The van der Waals surface area contributed by atoms with Crippen LogP contribution in [0.25, 0.3) is 11.2 Å². The molecular weight excluding hydrogens is 467 g/mol. The molecule has 3 heterocycles. The third-order valence-electron chi connectivity index (χ3n) is 4.62. The van der Waals surface area contributed by atoms with Crippen LogP contribution in [0.2, 0.25) is 0 Å². The van der Waals surface area contributed by atoms with Crippen molar-refractivity contribution in [2.24, 2.45) is 5.73 Å². The minimum Gasteiger partial charge on any atom is -0.387 e. The average Bonchev–Trinajstić information content (AvgIpc) is 3.24. The zero-order valence-electron chi connectivity index (χ0n) is 16.7. The van der Waals surface area contributed by atoms with Crippen LogP contribution in [0.15, 0.2) is 11.4 Å². The Balaban J connectivity index is 1.70. The Morgan fingerprint density at radius 3 is 2.72 bits per heavy atom. The van der Waals surface area contributed by atoms with E-state index in [0.29, 0.717) is 18.6 Å². The molecule has 3 rings (SSSR count). The maximum Gasteiger partial charge on any atom is 0.469 e. The van der Waals surface area contributed by atoms with Crippen molar-refractivity contribution in [2.45, 2.75) is 42.4 Å². The molecule has 15 nitrogen and oxygen atoms in total. The predicted octanol–water partition coefficient (Wildman–Crippen LogP) is -1.48. The lowest BCUT2D eigenvalue weighted by Crippen LogP contribution is -2.33. The van der Waals surface area contributed by atoms with Gasteiger partial charge in [0, 0.05) is 13.1 Å². The number of nitrogens with zero attached hydrogens (tertiary/aromatic N) is 4. The summed E-state index contributed by atoms with van der Waals surface area (Å²) in [5, 5.41) is 33.8. The lowest BCUT2D eigenvalue weighted by atomic mass is 10.1. The number of anilines is 1. The Morgan fingerprint density at radius 1 is 1.31 bits per heavy atom. The van der Waals surface area contributed by atoms with Gasteiger partial charge in [-0.1, -0.05) is 0 Å². The molecule has 1 saturated heterocycles. The van der Waals surface area contributed by atoms with E-state index in [0.717, 1.165) is 12.8 Å². The second-order valence-corrected chi connectivity index (χ2v) is 8.66. The van der Waals surface area contributed by atoms with Crippen LogP contribution in [0, 0.1) is 5.41 Å². The summed E-state index contributed by atoms with van der Waals surface area (Å²) in [7, 11) is -4.77. The van der Waals surface area contributed by atoms with Gasteiger partial charge in [0.15, 0.2) is 17.8 Å². The van der Waals surface area contributed by atoms with Gasteiger partial charge in [-0.15, -0.1) is 12.6 Å². The molecular formula is C15H25N8O7PS. The lowest BCUT2D eigenvalue weighted by molar-refractivity contribution is -0.0503. The van der Waals surface area contributed by atoms with Crippen LogP contribution < -0.4 is 16.4 Å². The molecule has 0 aliphatic carbocycles. The summed E-state index contributed by atoms with van der Waals surface area (Å²) in [6.45, 7) is 0.479. The predicted molar refractivity (Wildman–Crippen MR) is 114 cm³/mol. The third-order valence-corrected chi connectivity index (χ3v) is 5.42. The van der Waals surface area contributed by atoms with Crippen LogP contribution in [0.1, 0.15) is 19.1 Å². The van der Waals surface area contributed by atoms with Gasteiger partial charge >= 0.3 is 7.82 Å². The van der Waals surface area contributed by atoms with Crippen molar-refractivity contribution in [3.8, 4) is 0 Å². The number of nitrogens with one attached hydrogen (secondary N) is 3.